The van der Waals surface area contributed by atoms with Gasteiger partial charge in [0.25, 0.3) is 11.7 Å². The summed E-state index contributed by atoms with van der Waals surface area (Å²) in [4.78, 5) is 27.3. The van der Waals surface area contributed by atoms with E-state index in [1.165, 1.54) is 0 Å². The molecule has 1 atom stereocenters. The lowest BCUT2D eigenvalue weighted by Crippen LogP contribution is -2.31. The fourth-order valence-electron chi connectivity index (χ4n) is 3.52. The van der Waals surface area contributed by atoms with Crippen molar-refractivity contribution in [1.82, 2.24) is 4.90 Å². The van der Waals surface area contributed by atoms with Crippen LogP contribution in [0.2, 0.25) is 0 Å². The van der Waals surface area contributed by atoms with Gasteiger partial charge in [-0.25, -0.2) is 0 Å². The molecule has 1 aliphatic rings. The van der Waals surface area contributed by atoms with Crippen molar-refractivity contribution >= 4 is 33.4 Å². The SMILES string of the molecule is Cc1ccc([C@H]2C(=C(O)c3ccc(Br)cc3)C(=O)C(=O)N2CCCOC(C)C)cc1. The molecule has 1 fully saturated rings. The van der Waals surface area contributed by atoms with Gasteiger partial charge in [-0.15, -0.1) is 0 Å². The van der Waals surface area contributed by atoms with Gasteiger partial charge in [0.15, 0.2) is 0 Å². The molecule has 0 unspecified atom stereocenters. The monoisotopic (exact) mass is 471 g/mol. The molecule has 6 heteroatoms. The molecule has 1 aliphatic heterocycles. The quantitative estimate of drug-likeness (QED) is 0.267. The number of benzene rings is 2. The summed E-state index contributed by atoms with van der Waals surface area (Å²) in [7, 11) is 0. The lowest BCUT2D eigenvalue weighted by atomic mass is 9.94. The number of aliphatic hydroxyl groups is 1. The predicted molar refractivity (Wildman–Crippen MR) is 120 cm³/mol. The number of hydrogen-bond acceptors (Lipinski definition) is 4. The van der Waals surface area contributed by atoms with Crippen molar-refractivity contribution in [3.8, 4) is 0 Å². The Kier molecular flexibility index (Phi) is 7.10. The summed E-state index contributed by atoms with van der Waals surface area (Å²) >= 11 is 3.37. The first-order valence-electron chi connectivity index (χ1n) is 10.0. The number of amides is 1. The van der Waals surface area contributed by atoms with E-state index in [1.54, 1.807) is 29.2 Å². The van der Waals surface area contributed by atoms with Crippen molar-refractivity contribution in [2.24, 2.45) is 0 Å². The van der Waals surface area contributed by atoms with Crippen LogP contribution in [0.1, 0.15) is 43.0 Å². The van der Waals surface area contributed by atoms with Gasteiger partial charge in [0, 0.05) is 23.2 Å². The van der Waals surface area contributed by atoms with E-state index in [0.717, 1.165) is 15.6 Å². The van der Waals surface area contributed by atoms with Gasteiger partial charge in [0.05, 0.1) is 17.7 Å². The lowest BCUT2D eigenvalue weighted by Gasteiger charge is -2.25. The smallest absolute Gasteiger partial charge is 0.295 e. The summed E-state index contributed by atoms with van der Waals surface area (Å²) in [6.07, 6.45) is 0.706. The fourth-order valence-corrected chi connectivity index (χ4v) is 3.79. The van der Waals surface area contributed by atoms with Crippen LogP contribution in [0.4, 0.5) is 0 Å². The van der Waals surface area contributed by atoms with E-state index in [0.29, 0.717) is 25.1 Å². The van der Waals surface area contributed by atoms with Crippen LogP contribution in [0.3, 0.4) is 0 Å². The molecule has 0 spiro atoms. The first kappa shape index (κ1) is 22.2. The van der Waals surface area contributed by atoms with Crippen molar-refractivity contribution in [3.63, 3.8) is 0 Å². The van der Waals surface area contributed by atoms with Crippen molar-refractivity contribution in [2.45, 2.75) is 39.3 Å². The molecule has 0 aliphatic carbocycles. The third kappa shape index (κ3) is 4.82. The van der Waals surface area contributed by atoms with E-state index < -0.39 is 17.7 Å². The number of carbonyl (C=O) groups is 2. The second-order valence-corrected chi connectivity index (χ2v) is 8.60. The van der Waals surface area contributed by atoms with E-state index in [1.807, 2.05) is 45.0 Å². The molecule has 30 heavy (non-hydrogen) atoms. The second kappa shape index (κ2) is 9.58. The summed E-state index contributed by atoms with van der Waals surface area (Å²) in [5, 5.41) is 11.0. The van der Waals surface area contributed by atoms with Crippen molar-refractivity contribution in [3.05, 3.63) is 75.3 Å². The van der Waals surface area contributed by atoms with Gasteiger partial charge < -0.3 is 14.7 Å². The number of rotatable bonds is 7. The van der Waals surface area contributed by atoms with Crippen LogP contribution in [0.25, 0.3) is 5.76 Å². The van der Waals surface area contributed by atoms with Crippen LogP contribution in [-0.4, -0.2) is 41.0 Å². The Labute approximate surface area is 185 Å². The molecule has 0 aromatic heterocycles. The Balaban J connectivity index is 2.01. The first-order valence-corrected chi connectivity index (χ1v) is 10.8. The zero-order valence-corrected chi connectivity index (χ0v) is 19.0. The highest BCUT2D eigenvalue weighted by Crippen LogP contribution is 2.39. The average molecular weight is 472 g/mol. The largest absolute Gasteiger partial charge is 0.507 e. The lowest BCUT2D eigenvalue weighted by molar-refractivity contribution is -0.140. The molecule has 5 nitrogen and oxygen atoms in total. The molecule has 1 saturated heterocycles. The van der Waals surface area contributed by atoms with E-state index in [-0.39, 0.29) is 17.4 Å². The maximum absolute atomic E-state index is 12.9. The molecule has 3 rings (SSSR count). The highest BCUT2D eigenvalue weighted by molar-refractivity contribution is 9.10. The van der Waals surface area contributed by atoms with Gasteiger partial charge in [-0.1, -0.05) is 57.9 Å². The topological polar surface area (TPSA) is 66.8 Å². The molecule has 2 aromatic rings. The van der Waals surface area contributed by atoms with E-state index in [2.05, 4.69) is 15.9 Å². The molecule has 0 radical (unpaired) electrons. The molecular weight excluding hydrogens is 446 g/mol. The number of hydrogen-bond donors (Lipinski definition) is 1. The summed E-state index contributed by atoms with van der Waals surface area (Å²) in [5.74, 6) is -1.41. The summed E-state index contributed by atoms with van der Waals surface area (Å²) in [6, 6.07) is 14.1. The third-order valence-corrected chi connectivity index (χ3v) is 5.57. The molecule has 1 heterocycles. The molecule has 1 N–H and O–H groups in total. The van der Waals surface area contributed by atoms with E-state index >= 15 is 0 Å². The van der Waals surface area contributed by atoms with Crippen LogP contribution >= 0.6 is 15.9 Å². The van der Waals surface area contributed by atoms with E-state index in [4.69, 9.17) is 4.74 Å². The Morgan fingerprint density at radius 1 is 1.10 bits per heavy atom. The maximum Gasteiger partial charge on any atom is 0.295 e. The Hall–Kier alpha value is -2.44. The average Bonchev–Trinajstić information content (AvgIpc) is 2.96. The molecule has 1 amide bonds. The molecular formula is C24H26BrNO4. The van der Waals surface area contributed by atoms with Gasteiger partial charge >= 0.3 is 0 Å². The van der Waals surface area contributed by atoms with Crippen LogP contribution in [-0.2, 0) is 14.3 Å². The third-order valence-electron chi connectivity index (χ3n) is 5.05. The second-order valence-electron chi connectivity index (χ2n) is 7.68. The number of ether oxygens (including phenoxy) is 1. The fraction of sp³-hybridized carbons (Fsp3) is 0.333. The minimum Gasteiger partial charge on any atom is -0.507 e. The molecule has 0 saturated carbocycles. The zero-order chi connectivity index (χ0) is 21.8. The number of halogens is 1. The predicted octanol–water partition coefficient (Wildman–Crippen LogP) is 4.99. The normalized spacial score (nSPS) is 18.4. The number of carbonyl (C=O) groups excluding carboxylic acids is 2. The van der Waals surface area contributed by atoms with Crippen LogP contribution in [0.15, 0.2) is 58.6 Å². The number of ketones is 1. The molecule has 0 bridgehead atoms. The minimum absolute atomic E-state index is 0.103. The number of aliphatic hydroxyl groups excluding tert-OH is 1. The highest BCUT2D eigenvalue weighted by atomic mass is 79.9. The van der Waals surface area contributed by atoms with Crippen LogP contribution < -0.4 is 0 Å². The molecule has 2 aromatic carbocycles. The first-order chi connectivity index (χ1) is 14.3. The van der Waals surface area contributed by atoms with Gasteiger partial charge in [-0.05, 0) is 44.9 Å². The number of likely N-dealkylation sites (tertiary alicyclic amines) is 1. The van der Waals surface area contributed by atoms with Crippen LogP contribution in [0, 0.1) is 6.92 Å². The Bertz CT molecular complexity index is 948. The number of Topliss-reactive ketones (excluding diaryl/α,β-unsaturated/α-hetero) is 1. The van der Waals surface area contributed by atoms with Gasteiger partial charge in [-0.3, -0.25) is 9.59 Å². The Morgan fingerprint density at radius 3 is 2.33 bits per heavy atom. The zero-order valence-electron chi connectivity index (χ0n) is 17.4. The summed E-state index contributed by atoms with van der Waals surface area (Å²) < 4.78 is 6.45. The van der Waals surface area contributed by atoms with Crippen molar-refractivity contribution in [1.29, 1.82) is 0 Å². The van der Waals surface area contributed by atoms with Gasteiger partial charge in [0.1, 0.15) is 5.76 Å². The van der Waals surface area contributed by atoms with Gasteiger partial charge in [-0.2, -0.15) is 0 Å². The standard InChI is InChI=1S/C24H26BrNO4/c1-15(2)30-14-4-13-26-21(17-7-5-16(3)6-8-17)20(23(28)24(26)29)22(27)18-9-11-19(25)12-10-18/h5-12,15,21,27H,4,13-14H2,1-3H3/t21-/m0/s1. The summed E-state index contributed by atoms with van der Waals surface area (Å²) in [6.45, 7) is 6.75. The maximum atomic E-state index is 12.9. The van der Waals surface area contributed by atoms with Gasteiger partial charge in [0.2, 0.25) is 0 Å². The highest BCUT2D eigenvalue weighted by Gasteiger charge is 2.45. The Morgan fingerprint density at radius 2 is 1.73 bits per heavy atom. The number of nitrogens with zero attached hydrogens (tertiary/aromatic N) is 1. The van der Waals surface area contributed by atoms with Crippen LogP contribution in [0.5, 0.6) is 0 Å². The summed E-state index contributed by atoms with van der Waals surface area (Å²) in [5.41, 5.74) is 2.49. The number of aryl methyl sites for hydroxylation is 1. The van der Waals surface area contributed by atoms with Crippen molar-refractivity contribution < 1.29 is 19.4 Å². The van der Waals surface area contributed by atoms with E-state index in [9.17, 15) is 14.7 Å². The molecule has 158 valence electrons. The minimum atomic E-state index is -0.661. The van der Waals surface area contributed by atoms with Crippen molar-refractivity contribution in [2.75, 3.05) is 13.2 Å².